The molecule has 1 fully saturated rings. The lowest BCUT2D eigenvalue weighted by Crippen LogP contribution is -2.30. The summed E-state index contributed by atoms with van der Waals surface area (Å²) in [5, 5.41) is 0. The second kappa shape index (κ2) is 6.91. The van der Waals surface area contributed by atoms with Gasteiger partial charge < -0.3 is 9.64 Å². The Morgan fingerprint density at radius 2 is 2.10 bits per heavy atom. The number of methoxy groups -OCH3 is 1. The van der Waals surface area contributed by atoms with Crippen LogP contribution in [0.15, 0.2) is 29.2 Å². The molecule has 0 bridgehead atoms. The van der Waals surface area contributed by atoms with Crippen molar-refractivity contribution in [1.29, 1.82) is 0 Å². The van der Waals surface area contributed by atoms with Crippen LogP contribution in [0, 0.1) is 0 Å². The van der Waals surface area contributed by atoms with Crippen molar-refractivity contribution >= 4 is 15.9 Å². The van der Waals surface area contributed by atoms with Crippen molar-refractivity contribution < 1.29 is 17.9 Å². The fraction of sp³-hybridized carbons (Fsp3) is 0.500. The molecular formula is C14H20N2O4S. The Kier molecular flexibility index (Phi) is 5.19. The van der Waals surface area contributed by atoms with Gasteiger partial charge in [0.25, 0.3) is 0 Å². The van der Waals surface area contributed by atoms with Crippen LogP contribution in [-0.2, 0) is 14.8 Å². The second-order valence-electron chi connectivity index (χ2n) is 4.89. The molecule has 1 N–H and O–H groups in total. The Balaban J connectivity index is 1.88. The molecule has 1 aliphatic heterocycles. The first kappa shape index (κ1) is 15.8. The molecule has 0 saturated carbocycles. The van der Waals surface area contributed by atoms with Crippen molar-refractivity contribution in [2.75, 3.05) is 26.7 Å². The van der Waals surface area contributed by atoms with E-state index in [2.05, 4.69) is 4.72 Å². The fourth-order valence-corrected chi connectivity index (χ4v) is 3.58. The molecule has 0 unspecified atom stereocenters. The van der Waals surface area contributed by atoms with Gasteiger partial charge in [0, 0.05) is 26.1 Å². The molecule has 21 heavy (non-hydrogen) atoms. The van der Waals surface area contributed by atoms with Gasteiger partial charge in [0.15, 0.2) is 0 Å². The number of rotatable bonds is 7. The number of carbonyl (C=O) groups excluding carboxylic acids is 1. The normalized spacial score (nSPS) is 15.5. The van der Waals surface area contributed by atoms with Gasteiger partial charge in [0.1, 0.15) is 10.6 Å². The maximum atomic E-state index is 12.2. The van der Waals surface area contributed by atoms with Crippen LogP contribution >= 0.6 is 0 Å². The molecule has 1 aliphatic rings. The molecule has 6 nitrogen and oxygen atoms in total. The quantitative estimate of drug-likeness (QED) is 0.762. The maximum Gasteiger partial charge on any atom is 0.244 e. The number of hydrogen-bond acceptors (Lipinski definition) is 4. The molecule has 0 aromatic heterocycles. The van der Waals surface area contributed by atoms with Gasteiger partial charge in [-0.3, -0.25) is 4.79 Å². The van der Waals surface area contributed by atoms with Gasteiger partial charge >= 0.3 is 0 Å². The highest BCUT2D eigenvalue weighted by Gasteiger charge is 2.21. The minimum absolute atomic E-state index is 0.129. The number of sulfonamides is 1. The van der Waals surface area contributed by atoms with Crippen LogP contribution in [0.5, 0.6) is 5.75 Å². The van der Waals surface area contributed by atoms with Crippen LogP contribution in [0.4, 0.5) is 0 Å². The number of nitrogens with zero attached hydrogens (tertiary/aromatic N) is 1. The SMILES string of the molecule is COc1ccccc1S(=O)(=O)NCCCN1CCCC1=O. The van der Waals surface area contributed by atoms with E-state index >= 15 is 0 Å². The molecule has 0 radical (unpaired) electrons. The van der Waals surface area contributed by atoms with E-state index in [0.717, 1.165) is 13.0 Å². The number of ether oxygens (including phenoxy) is 1. The number of para-hydroxylation sites is 1. The topological polar surface area (TPSA) is 75.7 Å². The minimum Gasteiger partial charge on any atom is -0.495 e. The molecule has 1 aromatic rings. The summed E-state index contributed by atoms with van der Waals surface area (Å²) < 4.78 is 32.0. The van der Waals surface area contributed by atoms with Crippen LogP contribution in [0.3, 0.4) is 0 Å². The van der Waals surface area contributed by atoms with Gasteiger partial charge in [-0.05, 0) is 25.0 Å². The lowest BCUT2D eigenvalue weighted by Gasteiger charge is -2.15. The smallest absolute Gasteiger partial charge is 0.244 e. The number of carbonyl (C=O) groups is 1. The molecule has 116 valence electrons. The third-order valence-corrected chi connectivity index (χ3v) is 4.93. The Labute approximate surface area is 125 Å². The average Bonchev–Trinajstić information content (AvgIpc) is 2.89. The van der Waals surface area contributed by atoms with E-state index in [1.54, 1.807) is 23.1 Å². The van der Waals surface area contributed by atoms with Crippen LogP contribution in [0.25, 0.3) is 0 Å². The molecule has 0 atom stereocenters. The molecular weight excluding hydrogens is 292 g/mol. The highest BCUT2D eigenvalue weighted by molar-refractivity contribution is 7.89. The number of likely N-dealkylation sites (tertiary alicyclic amines) is 1. The van der Waals surface area contributed by atoms with E-state index in [4.69, 9.17) is 4.74 Å². The van der Waals surface area contributed by atoms with E-state index in [1.165, 1.54) is 13.2 Å². The summed E-state index contributed by atoms with van der Waals surface area (Å²) in [6.07, 6.45) is 2.10. The summed E-state index contributed by atoms with van der Waals surface area (Å²) >= 11 is 0. The minimum atomic E-state index is -3.59. The summed E-state index contributed by atoms with van der Waals surface area (Å²) in [6.45, 7) is 1.66. The van der Waals surface area contributed by atoms with Crippen molar-refractivity contribution in [3.63, 3.8) is 0 Å². The van der Waals surface area contributed by atoms with Crippen molar-refractivity contribution in [1.82, 2.24) is 9.62 Å². The van der Waals surface area contributed by atoms with Gasteiger partial charge in [-0.1, -0.05) is 12.1 Å². The second-order valence-corrected chi connectivity index (χ2v) is 6.62. The van der Waals surface area contributed by atoms with Crippen molar-refractivity contribution in [3.05, 3.63) is 24.3 Å². The zero-order chi connectivity index (χ0) is 15.3. The summed E-state index contributed by atoms with van der Waals surface area (Å²) in [7, 11) is -2.15. The first-order valence-electron chi connectivity index (χ1n) is 6.95. The maximum absolute atomic E-state index is 12.2. The molecule has 7 heteroatoms. The Morgan fingerprint density at radius 3 is 2.76 bits per heavy atom. The van der Waals surface area contributed by atoms with Crippen LogP contribution in [0.1, 0.15) is 19.3 Å². The largest absolute Gasteiger partial charge is 0.495 e. The van der Waals surface area contributed by atoms with Crippen molar-refractivity contribution in [2.45, 2.75) is 24.2 Å². The number of benzene rings is 1. The van der Waals surface area contributed by atoms with E-state index in [9.17, 15) is 13.2 Å². The van der Waals surface area contributed by atoms with E-state index in [1.807, 2.05) is 0 Å². The monoisotopic (exact) mass is 312 g/mol. The summed E-state index contributed by atoms with van der Waals surface area (Å²) in [4.78, 5) is 13.3. The zero-order valence-corrected chi connectivity index (χ0v) is 12.9. The van der Waals surface area contributed by atoms with Gasteiger partial charge in [-0.15, -0.1) is 0 Å². The third-order valence-electron chi connectivity index (χ3n) is 3.43. The standard InChI is InChI=1S/C14H20N2O4S/c1-20-12-6-2-3-7-13(12)21(18,19)15-9-5-11-16-10-4-8-14(16)17/h2-3,6-7,15H,4-5,8-11H2,1H3. The molecule has 1 aromatic carbocycles. The van der Waals surface area contributed by atoms with Crippen molar-refractivity contribution in [2.24, 2.45) is 0 Å². The number of amides is 1. The zero-order valence-electron chi connectivity index (χ0n) is 12.0. The molecule has 2 rings (SSSR count). The molecule has 1 amide bonds. The Hall–Kier alpha value is -1.60. The van der Waals surface area contributed by atoms with E-state index in [0.29, 0.717) is 31.7 Å². The summed E-state index contributed by atoms with van der Waals surface area (Å²) in [6, 6.07) is 6.49. The Morgan fingerprint density at radius 1 is 1.33 bits per heavy atom. The average molecular weight is 312 g/mol. The van der Waals surface area contributed by atoms with Crippen LogP contribution in [0.2, 0.25) is 0 Å². The van der Waals surface area contributed by atoms with Crippen molar-refractivity contribution in [3.8, 4) is 5.75 Å². The van der Waals surface area contributed by atoms with Gasteiger partial charge in [0.05, 0.1) is 7.11 Å². The first-order valence-corrected chi connectivity index (χ1v) is 8.43. The van der Waals surface area contributed by atoms with Crippen LogP contribution < -0.4 is 9.46 Å². The molecule has 1 heterocycles. The van der Waals surface area contributed by atoms with Gasteiger partial charge in [-0.2, -0.15) is 0 Å². The lowest BCUT2D eigenvalue weighted by atomic mass is 10.3. The van der Waals surface area contributed by atoms with Crippen LogP contribution in [-0.4, -0.2) is 46.0 Å². The number of nitrogens with one attached hydrogen (secondary N) is 1. The molecule has 0 aliphatic carbocycles. The summed E-state index contributed by atoms with van der Waals surface area (Å²) in [5.41, 5.74) is 0. The van der Waals surface area contributed by atoms with Gasteiger partial charge in [-0.25, -0.2) is 13.1 Å². The highest BCUT2D eigenvalue weighted by atomic mass is 32.2. The first-order chi connectivity index (χ1) is 10.0. The number of hydrogen-bond donors (Lipinski definition) is 1. The van der Waals surface area contributed by atoms with E-state index < -0.39 is 10.0 Å². The Bertz CT molecular complexity index is 601. The van der Waals surface area contributed by atoms with Gasteiger partial charge in [0.2, 0.25) is 15.9 Å². The lowest BCUT2D eigenvalue weighted by molar-refractivity contribution is -0.127. The fourth-order valence-electron chi connectivity index (χ4n) is 2.34. The molecule has 0 spiro atoms. The third kappa shape index (κ3) is 3.95. The highest BCUT2D eigenvalue weighted by Crippen LogP contribution is 2.22. The predicted octanol–water partition coefficient (Wildman–Crippen LogP) is 0.986. The predicted molar refractivity (Wildman–Crippen MR) is 78.6 cm³/mol. The van der Waals surface area contributed by atoms with E-state index in [-0.39, 0.29) is 10.8 Å². The summed E-state index contributed by atoms with van der Waals surface area (Å²) in [5.74, 6) is 0.474. The molecule has 1 saturated heterocycles.